The number of fused-ring (bicyclic) bond motifs is 1. The Hall–Kier alpha value is -1.69. The summed E-state index contributed by atoms with van der Waals surface area (Å²) in [4.78, 5) is 18.7. The topological polar surface area (TPSA) is 51.7 Å². The zero-order valence-corrected chi connectivity index (χ0v) is 18.0. The highest BCUT2D eigenvalue weighted by Gasteiger charge is 2.29. The van der Waals surface area contributed by atoms with E-state index in [1.54, 1.807) is 12.3 Å². The Labute approximate surface area is 179 Å². The average Bonchev–Trinajstić information content (AvgIpc) is 2.71. The molecule has 2 heterocycles. The molecule has 0 radical (unpaired) electrons. The molecule has 0 aliphatic carbocycles. The lowest BCUT2D eigenvalue weighted by molar-refractivity contribution is -0.132. The maximum absolute atomic E-state index is 12.7. The monoisotopic (exact) mass is 442 g/mol. The lowest BCUT2D eigenvalue weighted by Crippen LogP contribution is -2.36. The van der Waals surface area contributed by atoms with E-state index < -0.39 is 0 Å². The van der Waals surface area contributed by atoms with Crippen LogP contribution in [0.3, 0.4) is 0 Å². The van der Waals surface area contributed by atoms with E-state index in [-0.39, 0.29) is 5.91 Å². The normalized spacial score (nSPS) is 13.2. The van der Waals surface area contributed by atoms with Crippen molar-refractivity contribution in [1.29, 1.82) is 0 Å². The molecule has 3 rings (SSSR count). The molecule has 0 unspecified atom stereocenters. The number of carbonyl (C=O) groups is 1. The molecule has 150 valence electrons. The van der Waals surface area contributed by atoms with Gasteiger partial charge in [0.25, 0.3) is 0 Å². The van der Waals surface area contributed by atoms with Gasteiger partial charge in [-0.2, -0.15) is 0 Å². The summed E-state index contributed by atoms with van der Waals surface area (Å²) in [7, 11) is 3.05. The van der Waals surface area contributed by atoms with Gasteiger partial charge in [0.15, 0.2) is 11.5 Å². The van der Waals surface area contributed by atoms with E-state index in [9.17, 15) is 4.79 Å². The van der Waals surface area contributed by atoms with Crippen LogP contribution < -0.4 is 9.47 Å². The standard InChI is InChI=1S/C20H21Cl3N2O3/c1-27-19-17(22)14-8-9-25(11-15(14)18(23)20(19)28-2)16(26)5-3-4-13-7-6-12(21)10-24-13/h6-7,10H,3-5,8-9,11H2,1-2H3. The Morgan fingerprint density at radius 2 is 1.79 bits per heavy atom. The highest BCUT2D eigenvalue weighted by Crippen LogP contribution is 2.47. The quantitative estimate of drug-likeness (QED) is 0.633. The summed E-state index contributed by atoms with van der Waals surface area (Å²) in [5.41, 5.74) is 2.66. The van der Waals surface area contributed by atoms with Gasteiger partial charge in [0.05, 0.1) is 29.3 Å². The van der Waals surface area contributed by atoms with Crippen LogP contribution in [0.25, 0.3) is 0 Å². The van der Waals surface area contributed by atoms with E-state index in [0.717, 1.165) is 29.7 Å². The number of methoxy groups -OCH3 is 2. The Bertz CT molecular complexity index is 872. The van der Waals surface area contributed by atoms with E-state index in [4.69, 9.17) is 44.3 Å². The first-order chi connectivity index (χ1) is 13.5. The van der Waals surface area contributed by atoms with Gasteiger partial charge in [0, 0.05) is 31.4 Å². The summed E-state index contributed by atoms with van der Waals surface area (Å²) in [6.45, 7) is 1.00. The number of nitrogens with zero attached hydrogens (tertiary/aromatic N) is 2. The Balaban J connectivity index is 1.68. The van der Waals surface area contributed by atoms with Crippen molar-refractivity contribution in [1.82, 2.24) is 9.88 Å². The first kappa shape index (κ1) is 21.0. The first-order valence-electron chi connectivity index (χ1n) is 8.95. The van der Waals surface area contributed by atoms with Crippen LogP contribution in [-0.4, -0.2) is 36.6 Å². The molecule has 0 bridgehead atoms. The number of benzene rings is 1. The first-order valence-corrected chi connectivity index (χ1v) is 10.1. The number of halogens is 3. The van der Waals surface area contributed by atoms with Crippen molar-refractivity contribution >= 4 is 40.7 Å². The van der Waals surface area contributed by atoms with Gasteiger partial charge in [-0.15, -0.1) is 0 Å². The maximum Gasteiger partial charge on any atom is 0.222 e. The van der Waals surface area contributed by atoms with Crippen LogP contribution in [0.2, 0.25) is 15.1 Å². The second-order valence-electron chi connectivity index (χ2n) is 6.54. The van der Waals surface area contributed by atoms with Crippen LogP contribution in [0.1, 0.15) is 29.7 Å². The number of amides is 1. The number of ether oxygens (including phenoxy) is 2. The molecule has 1 amide bonds. The lowest BCUT2D eigenvalue weighted by atomic mass is 9.97. The molecule has 0 saturated heterocycles. The number of carbonyl (C=O) groups excluding carboxylic acids is 1. The molecule has 0 N–H and O–H groups in total. The molecule has 0 spiro atoms. The number of aryl methyl sites for hydroxylation is 1. The van der Waals surface area contributed by atoms with Gasteiger partial charge in [-0.3, -0.25) is 9.78 Å². The number of hydrogen-bond acceptors (Lipinski definition) is 4. The van der Waals surface area contributed by atoms with Crippen LogP contribution in [0.15, 0.2) is 18.3 Å². The van der Waals surface area contributed by atoms with Crippen LogP contribution in [0, 0.1) is 0 Å². The molecule has 0 fully saturated rings. The van der Waals surface area contributed by atoms with Crippen LogP contribution in [0.5, 0.6) is 11.5 Å². The minimum absolute atomic E-state index is 0.0848. The predicted octanol–water partition coefficient (Wildman–Crippen LogP) is 4.97. The third-order valence-electron chi connectivity index (χ3n) is 4.85. The zero-order valence-electron chi connectivity index (χ0n) is 15.7. The average molecular weight is 444 g/mol. The number of pyridine rings is 1. The van der Waals surface area contributed by atoms with Crippen molar-refractivity contribution < 1.29 is 14.3 Å². The van der Waals surface area contributed by atoms with E-state index in [2.05, 4.69) is 4.98 Å². The van der Waals surface area contributed by atoms with Gasteiger partial charge in [-0.05, 0) is 42.5 Å². The van der Waals surface area contributed by atoms with Gasteiger partial charge >= 0.3 is 0 Å². The molecule has 8 heteroatoms. The maximum atomic E-state index is 12.7. The van der Waals surface area contributed by atoms with Crippen molar-refractivity contribution in [3.8, 4) is 11.5 Å². The molecule has 0 atom stereocenters. The Kier molecular flexibility index (Phi) is 6.91. The van der Waals surface area contributed by atoms with E-state index in [1.165, 1.54) is 14.2 Å². The largest absolute Gasteiger partial charge is 0.491 e. The predicted molar refractivity (Wildman–Crippen MR) is 111 cm³/mol. The Morgan fingerprint density at radius 3 is 2.39 bits per heavy atom. The summed E-state index contributed by atoms with van der Waals surface area (Å²) >= 11 is 18.9. The molecule has 5 nitrogen and oxygen atoms in total. The number of hydrogen-bond donors (Lipinski definition) is 0. The summed E-state index contributed by atoms with van der Waals surface area (Å²) in [6.07, 6.45) is 4.13. The van der Waals surface area contributed by atoms with Gasteiger partial charge in [0.2, 0.25) is 5.91 Å². The SMILES string of the molecule is COc1c(Cl)c2c(c(Cl)c1OC)CN(C(=O)CCCc1ccc(Cl)cn1)CC2. The zero-order chi connectivity index (χ0) is 20.3. The van der Waals surface area contributed by atoms with E-state index in [0.29, 0.717) is 52.5 Å². The minimum Gasteiger partial charge on any atom is -0.491 e. The van der Waals surface area contributed by atoms with Crippen molar-refractivity contribution in [2.75, 3.05) is 20.8 Å². The molecule has 0 saturated carbocycles. The van der Waals surface area contributed by atoms with Crippen molar-refractivity contribution in [3.05, 3.63) is 50.2 Å². The van der Waals surface area contributed by atoms with Crippen LogP contribution >= 0.6 is 34.8 Å². The van der Waals surface area contributed by atoms with Gasteiger partial charge in [-0.25, -0.2) is 0 Å². The molecule has 1 aliphatic rings. The molecule has 28 heavy (non-hydrogen) atoms. The van der Waals surface area contributed by atoms with E-state index in [1.807, 2.05) is 11.0 Å². The van der Waals surface area contributed by atoms with Crippen molar-refractivity contribution in [3.63, 3.8) is 0 Å². The Morgan fingerprint density at radius 1 is 1.11 bits per heavy atom. The second kappa shape index (κ2) is 9.21. The molecular formula is C20H21Cl3N2O3. The molecule has 1 aromatic heterocycles. The highest BCUT2D eigenvalue weighted by atomic mass is 35.5. The lowest BCUT2D eigenvalue weighted by Gasteiger charge is -2.31. The number of aromatic nitrogens is 1. The fourth-order valence-corrected chi connectivity index (χ4v) is 4.21. The fraction of sp³-hybridized carbons (Fsp3) is 0.400. The summed E-state index contributed by atoms with van der Waals surface area (Å²) < 4.78 is 10.7. The smallest absolute Gasteiger partial charge is 0.222 e. The summed E-state index contributed by atoms with van der Waals surface area (Å²) in [5.74, 6) is 0.917. The van der Waals surface area contributed by atoms with Crippen LogP contribution in [-0.2, 0) is 24.2 Å². The third kappa shape index (κ3) is 4.32. The third-order valence-corrected chi connectivity index (χ3v) is 5.88. The van der Waals surface area contributed by atoms with Crippen molar-refractivity contribution in [2.45, 2.75) is 32.2 Å². The molecule has 1 aromatic carbocycles. The summed E-state index contributed by atoms with van der Waals surface area (Å²) in [5, 5.41) is 1.55. The van der Waals surface area contributed by atoms with Gasteiger partial charge < -0.3 is 14.4 Å². The minimum atomic E-state index is 0.0848. The van der Waals surface area contributed by atoms with Crippen LogP contribution in [0.4, 0.5) is 0 Å². The van der Waals surface area contributed by atoms with Crippen molar-refractivity contribution in [2.24, 2.45) is 0 Å². The van der Waals surface area contributed by atoms with Gasteiger partial charge in [0.1, 0.15) is 0 Å². The molecule has 2 aromatic rings. The molecule has 1 aliphatic heterocycles. The molecular weight excluding hydrogens is 423 g/mol. The number of rotatable bonds is 6. The second-order valence-corrected chi connectivity index (χ2v) is 7.73. The van der Waals surface area contributed by atoms with E-state index >= 15 is 0 Å². The summed E-state index contributed by atoms with van der Waals surface area (Å²) in [6, 6.07) is 3.69. The van der Waals surface area contributed by atoms with Gasteiger partial charge in [-0.1, -0.05) is 34.8 Å². The highest BCUT2D eigenvalue weighted by molar-refractivity contribution is 6.37. The fourth-order valence-electron chi connectivity index (χ4n) is 3.39.